The van der Waals surface area contributed by atoms with Crippen molar-refractivity contribution in [1.29, 1.82) is 0 Å². The van der Waals surface area contributed by atoms with Gasteiger partial charge in [0.25, 0.3) is 0 Å². The molecule has 2 atom stereocenters. The van der Waals surface area contributed by atoms with Crippen molar-refractivity contribution >= 4 is 17.9 Å². The number of benzene rings is 3. The SMILES string of the molecule is C=C(C)C(=O)O.C=C(C)C(=O)OC(C)COc1ccc(C(C)(c2ccc(OCCC)cc2)c2ccc(OCC(C)OC(=O)C(=C)C)cc2)cc1. The molecule has 0 aliphatic carbocycles. The number of esters is 2. The number of hydrogen-bond donors (Lipinski definition) is 1. The third-order valence-electron chi connectivity index (χ3n) is 7.42. The van der Waals surface area contributed by atoms with Crippen LogP contribution in [0.2, 0.25) is 0 Å². The summed E-state index contributed by atoms with van der Waals surface area (Å²) in [6.45, 7) is 24.0. The topological polar surface area (TPSA) is 118 Å². The molecule has 3 aromatic carbocycles. The number of carboxylic acid groups (broad SMARTS) is 1. The van der Waals surface area contributed by atoms with Gasteiger partial charge in [-0.3, -0.25) is 0 Å². The minimum absolute atomic E-state index is 0.176. The molecule has 2 unspecified atom stereocenters. The van der Waals surface area contributed by atoms with Gasteiger partial charge in [-0.15, -0.1) is 0 Å². The second-order valence-electron chi connectivity index (χ2n) is 12.2. The predicted octanol–water partition coefficient (Wildman–Crippen LogP) is 8.25. The van der Waals surface area contributed by atoms with Gasteiger partial charge in [-0.1, -0.05) is 63.1 Å². The Morgan fingerprint density at radius 3 is 1.18 bits per heavy atom. The summed E-state index contributed by atoms with van der Waals surface area (Å²) in [6.07, 6.45) is 0.103. The van der Waals surface area contributed by atoms with Gasteiger partial charge in [0.05, 0.1) is 6.61 Å². The van der Waals surface area contributed by atoms with Crippen LogP contribution in [0.15, 0.2) is 109 Å². The summed E-state index contributed by atoms with van der Waals surface area (Å²) >= 11 is 0. The number of aliphatic carboxylic acids is 1. The summed E-state index contributed by atoms with van der Waals surface area (Å²) in [4.78, 5) is 33.2. The Hall–Kier alpha value is -5.31. The lowest BCUT2D eigenvalue weighted by Gasteiger charge is -2.32. The lowest BCUT2D eigenvalue weighted by atomic mass is 9.71. The first-order valence-corrected chi connectivity index (χ1v) is 16.4. The highest BCUT2D eigenvalue weighted by atomic mass is 16.6. The molecule has 0 aliphatic rings. The van der Waals surface area contributed by atoms with Crippen LogP contribution in [0.5, 0.6) is 17.2 Å². The van der Waals surface area contributed by atoms with Crippen LogP contribution in [0, 0.1) is 0 Å². The Morgan fingerprint density at radius 1 is 0.620 bits per heavy atom. The Bertz CT molecular complexity index is 1510. The fourth-order valence-corrected chi connectivity index (χ4v) is 4.44. The third kappa shape index (κ3) is 12.6. The summed E-state index contributed by atoms with van der Waals surface area (Å²) in [5.74, 6) is 0.361. The van der Waals surface area contributed by atoms with Gasteiger partial charge in [-0.25, -0.2) is 14.4 Å². The molecule has 268 valence electrons. The lowest BCUT2D eigenvalue weighted by molar-refractivity contribution is -0.145. The van der Waals surface area contributed by atoms with Crippen LogP contribution >= 0.6 is 0 Å². The second kappa shape index (κ2) is 19.6. The molecule has 0 saturated carbocycles. The van der Waals surface area contributed by atoms with Gasteiger partial charge in [0.15, 0.2) is 0 Å². The van der Waals surface area contributed by atoms with Crippen LogP contribution in [0.3, 0.4) is 0 Å². The first-order chi connectivity index (χ1) is 23.6. The molecule has 0 heterocycles. The molecule has 0 radical (unpaired) electrons. The van der Waals surface area contributed by atoms with Crippen LogP contribution in [0.4, 0.5) is 0 Å². The second-order valence-corrected chi connectivity index (χ2v) is 12.2. The van der Waals surface area contributed by atoms with E-state index in [1.54, 1.807) is 27.7 Å². The van der Waals surface area contributed by atoms with Gasteiger partial charge in [-0.05, 0) is 101 Å². The molecule has 3 rings (SSSR count). The number of ether oxygens (including phenoxy) is 5. The lowest BCUT2D eigenvalue weighted by Crippen LogP contribution is -2.25. The van der Waals surface area contributed by atoms with Crippen molar-refractivity contribution in [1.82, 2.24) is 0 Å². The van der Waals surface area contributed by atoms with E-state index in [1.165, 1.54) is 6.92 Å². The fourth-order valence-electron chi connectivity index (χ4n) is 4.44. The standard InChI is InChI=1S/C37H44O7.C4H6O2/c1-9-22-40-32-16-10-29(11-17-32)37(8,30-12-18-33(19-13-30)41-23-27(6)43-35(38)25(2)3)31-14-20-34(21-15-31)42-24-28(7)44-36(39)26(4)5;1-3(2)4(5)6/h10-21,27-28H,2,4,9,22-24H2,1,3,5-8H3;1H2,2H3,(H,5,6). The summed E-state index contributed by atoms with van der Waals surface area (Å²) in [5.41, 5.74) is 3.56. The van der Waals surface area contributed by atoms with E-state index in [1.807, 2.05) is 60.7 Å². The average Bonchev–Trinajstić information content (AvgIpc) is 3.09. The molecule has 0 amide bonds. The maximum atomic E-state index is 11.8. The van der Waals surface area contributed by atoms with Gasteiger partial charge in [0.1, 0.15) is 42.7 Å². The zero-order valence-corrected chi connectivity index (χ0v) is 30.2. The molecule has 9 heteroatoms. The Labute approximate surface area is 296 Å². The fraction of sp³-hybridized carbons (Fsp3) is 0.341. The van der Waals surface area contributed by atoms with Crippen molar-refractivity contribution in [3.8, 4) is 17.2 Å². The van der Waals surface area contributed by atoms with Crippen molar-refractivity contribution in [2.75, 3.05) is 19.8 Å². The molecule has 3 aromatic rings. The molecule has 0 aliphatic heterocycles. The Balaban J connectivity index is 0.00000132. The predicted molar refractivity (Wildman–Crippen MR) is 195 cm³/mol. The molecule has 0 fully saturated rings. The molecule has 50 heavy (non-hydrogen) atoms. The van der Waals surface area contributed by atoms with E-state index in [9.17, 15) is 14.4 Å². The largest absolute Gasteiger partial charge is 0.494 e. The summed E-state index contributed by atoms with van der Waals surface area (Å²) < 4.78 is 28.3. The van der Waals surface area contributed by atoms with Crippen molar-refractivity contribution in [2.24, 2.45) is 0 Å². The first-order valence-electron chi connectivity index (χ1n) is 16.4. The first kappa shape index (κ1) is 40.9. The number of carbonyl (C=O) groups is 3. The minimum Gasteiger partial charge on any atom is -0.494 e. The van der Waals surface area contributed by atoms with Crippen molar-refractivity contribution in [2.45, 2.75) is 72.5 Å². The van der Waals surface area contributed by atoms with Crippen molar-refractivity contribution in [3.63, 3.8) is 0 Å². The monoisotopic (exact) mass is 686 g/mol. The van der Waals surface area contributed by atoms with Crippen LogP contribution < -0.4 is 14.2 Å². The molecule has 0 bridgehead atoms. The molecule has 0 saturated heterocycles. The quantitative estimate of drug-likeness (QED) is 0.0851. The molecule has 9 nitrogen and oxygen atoms in total. The van der Waals surface area contributed by atoms with Crippen LogP contribution in [-0.4, -0.2) is 55.0 Å². The van der Waals surface area contributed by atoms with Crippen molar-refractivity contribution < 1.29 is 43.2 Å². The van der Waals surface area contributed by atoms with Gasteiger partial charge in [0, 0.05) is 22.1 Å². The molecular weight excluding hydrogens is 636 g/mol. The molecule has 0 spiro atoms. The summed E-state index contributed by atoms with van der Waals surface area (Å²) in [6, 6.07) is 24.0. The van der Waals surface area contributed by atoms with E-state index in [2.05, 4.69) is 45.7 Å². The number of carbonyl (C=O) groups excluding carboxylic acids is 2. The average molecular weight is 687 g/mol. The summed E-state index contributed by atoms with van der Waals surface area (Å²) in [7, 11) is 0. The normalized spacial score (nSPS) is 12.8. The highest BCUT2D eigenvalue weighted by Crippen LogP contribution is 2.40. The third-order valence-corrected chi connectivity index (χ3v) is 7.42. The van der Waals surface area contributed by atoms with Crippen LogP contribution in [0.1, 0.15) is 71.6 Å². The van der Waals surface area contributed by atoms with E-state index in [4.69, 9.17) is 28.8 Å². The van der Waals surface area contributed by atoms with Gasteiger partial charge in [0.2, 0.25) is 0 Å². The number of rotatable bonds is 17. The number of hydrogen-bond acceptors (Lipinski definition) is 8. The molecule has 1 N–H and O–H groups in total. The smallest absolute Gasteiger partial charge is 0.333 e. The maximum Gasteiger partial charge on any atom is 0.333 e. The molecular formula is C41H50O9. The van der Waals surface area contributed by atoms with Gasteiger partial charge < -0.3 is 28.8 Å². The van der Waals surface area contributed by atoms with Crippen molar-refractivity contribution in [3.05, 3.63) is 126 Å². The molecule has 0 aromatic heterocycles. The highest BCUT2D eigenvalue weighted by Gasteiger charge is 2.31. The van der Waals surface area contributed by atoms with E-state index >= 15 is 0 Å². The zero-order chi connectivity index (χ0) is 37.4. The maximum absolute atomic E-state index is 11.8. The van der Waals surface area contributed by atoms with E-state index in [0.717, 1.165) is 28.9 Å². The highest BCUT2D eigenvalue weighted by molar-refractivity contribution is 5.87. The van der Waals surface area contributed by atoms with Gasteiger partial charge in [-0.2, -0.15) is 0 Å². The van der Waals surface area contributed by atoms with Crippen LogP contribution in [0.25, 0.3) is 0 Å². The minimum atomic E-state index is -0.935. The zero-order valence-electron chi connectivity index (χ0n) is 30.2. The van der Waals surface area contributed by atoms with Crippen LogP contribution in [-0.2, 0) is 29.3 Å². The van der Waals surface area contributed by atoms with E-state index in [-0.39, 0.29) is 18.8 Å². The van der Waals surface area contributed by atoms with Gasteiger partial charge >= 0.3 is 17.9 Å². The summed E-state index contributed by atoms with van der Waals surface area (Å²) in [5, 5.41) is 7.89. The van der Waals surface area contributed by atoms with E-state index in [0.29, 0.717) is 29.3 Å². The Kier molecular flexibility index (Phi) is 16.0. The number of carboxylic acids is 1. The Morgan fingerprint density at radius 2 is 0.920 bits per heavy atom. The van der Waals surface area contributed by atoms with E-state index < -0.39 is 35.5 Å².